The van der Waals surface area contributed by atoms with Gasteiger partial charge in [0.1, 0.15) is 5.69 Å². The molecule has 0 saturated carbocycles. The van der Waals surface area contributed by atoms with Gasteiger partial charge < -0.3 is 15.3 Å². The molecular weight excluding hydrogens is 498 g/mol. The summed E-state index contributed by atoms with van der Waals surface area (Å²) in [6.07, 6.45) is 3.37. The summed E-state index contributed by atoms with van der Waals surface area (Å²) < 4.78 is 29.7. The van der Waals surface area contributed by atoms with E-state index in [1.54, 1.807) is 12.1 Å². The second-order valence-electron chi connectivity index (χ2n) is 8.98. The Kier molecular flexibility index (Phi) is 5.36. The molecule has 10 heteroatoms. The van der Waals surface area contributed by atoms with E-state index in [0.717, 1.165) is 38.5 Å². The van der Waals surface area contributed by atoms with Crippen molar-refractivity contribution in [3.8, 4) is 0 Å². The number of halogens is 1. The van der Waals surface area contributed by atoms with Crippen LogP contribution < -0.4 is 10.0 Å². The molecule has 1 amide bonds. The molecule has 36 heavy (non-hydrogen) atoms. The van der Waals surface area contributed by atoms with E-state index in [0.29, 0.717) is 10.7 Å². The van der Waals surface area contributed by atoms with Crippen molar-refractivity contribution in [3.63, 3.8) is 0 Å². The Hall–Kier alpha value is -3.66. The van der Waals surface area contributed by atoms with Crippen LogP contribution in [-0.2, 0) is 10.0 Å². The van der Waals surface area contributed by atoms with Crippen LogP contribution in [0, 0.1) is 6.92 Å². The molecule has 182 valence electrons. The fourth-order valence-electron chi connectivity index (χ4n) is 5.00. The Balaban J connectivity index is 1.57. The summed E-state index contributed by atoms with van der Waals surface area (Å²) in [6.45, 7) is 1.92. The third-order valence-corrected chi connectivity index (χ3v) is 8.29. The number of rotatable bonds is 4. The van der Waals surface area contributed by atoms with Gasteiger partial charge in [-0.05, 0) is 53.9 Å². The standard InChI is InChI=1S/C26H22ClN5O3S/c1-14-6-9-22(29-11-14)36(34,35)32-21-13-30-26(33)25-24(16-4-2-3-5-20(16)31-25)23(21)18-12-28-19-8-7-15(27)10-17(18)19/h2-12,21,23,28,31-32H,13H2,1H3,(H,30,33)/t21-,23+/m1/s1. The topological polar surface area (TPSA) is 120 Å². The van der Waals surface area contributed by atoms with Gasteiger partial charge in [-0.3, -0.25) is 4.79 Å². The normalized spacial score (nSPS) is 18.2. The maximum Gasteiger partial charge on any atom is 0.268 e. The Morgan fingerprint density at radius 1 is 1.06 bits per heavy atom. The molecule has 6 rings (SSSR count). The summed E-state index contributed by atoms with van der Waals surface area (Å²) in [5.74, 6) is -0.804. The highest BCUT2D eigenvalue weighted by Crippen LogP contribution is 2.41. The summed E-state index contributed by atoms with van der Waals surface area (Å²) in [6, 6.07) is 15.6. The molecule has 2 atom stereocenters. The molecule has 3 aromatic heterocycles. The van der Waals surface area contributed by atoms with E-state index in [9.17, 15) is 13.2 Å². The van der Waals surface area contributed by atoms with E-state index in [-0.39, 0.29) is 17.5 Å². The molecule has 5 aromatic rings. The molecule has 1 aliphatic rings. The Morgan fingerprint density at radius 3 is 2.69 bits per heavy atom. The minimum Gasteiger partial charge on any atom is -0.361 e. The van der Waals surface area contributed by atoms with E-state index in [4.69, 9.17) is 11.6 Å². The van der Waals surface area contributed by atoms with E-state index in [2.05, 4.69) is 25.0 Å². The number of H-pyrrole nitrogens is 2. The van der Waals surface area contributed by atoms with Crippen LogP contribution in [0.2, 0.25) is 5.02 Å². The molecule has 8 nitrogen and oxygen atoms in total. The van der Waals surface area contributed by atoms with Crippen molar-refractivity contribution in [2.75, 3.05) is 6.54 Å². The molecule has 0 unspecified atom stereocenters. The fourth-order valence-corrected chi connectivity index (χ4v) is 6.35. The number of hydrogen-bond donors (Lipinski definition) is 4. The van der Waals surface area contributed by atoms with Crippen LogP contribution in [0.3, 0.4) is 0 Å². The van der Waals surface area contributed by atoms with Crippen LogP contribution in [0.4, 0.5) is 0 Å². The Bertz CT molecular complexity index is 1740. The van der Waals surface area contributed by atoms with Crippen molar-refractivity contribution in [2.24, 2.45) is 0 Å². The quantitative estimate of drug-likeness (QED) is 0.284. The maximum absolute atomic E-state index is 13.4. The minimum atomic E-state index is -3.99. The zero-order valence-electron chi connectivity index (χ0n) is 19.2. The van der Waals surface area contributed by atoms with Crippen LogP contribution in [0.15, 0.2) is 72.0 Å². The number of aryl methyl sites for hydroxylation is 1. The maximum atomic E-state index is 13.4. The number of aromatic nitrogens is 3. The number of fused-ring (bicyclic) bond motifs is 4. The van der Waals surface area contributed by atoms with Crippen molar-refractivity contribution in [3.05, 3.63) is 94.4 Å². The van der Waals surface area contributed by atoms with Crippen molar-refractivity contribution in [2.45, 2.75) is 23.9 Å². The highest BCUT2D eigenvalue weighted by atomic mass is 35.5. The van der Waals surface area contributed by atoms with Gasteiger partial charge in [0, 0.05) is 51.7 Å². The average molecular weight is 520 g/mol. The molecule has 0 bridgehead atoms. The molecule has 0 saturated heterocycles. The lowest BCUT2D eigenvalue weighted by molar-refractivity contribution is 0.0950. The highest BCUT2D eigenvalue weighted by Gasteiger charge is 2.38. The highest BCUT2D eigenvalue weighted by molar-refractivity contribution is 7.89. The zero-order chi connectivity index (χ0) is 25.0. The van der Waals surface area contributed by atoms with Crippen molar-refractivity contribution in [1.82, 2.24) is 25.0 Å². The lowest BCUT2D eigenvalue weighted by atomic mass is 9.84. The Morgan fingerprint density at radius 2 is 1.89 bits per heavy atom. The van der Waals surface area contributed by atoms with Gasteiger partial charge in [-0.15, -0.1) is 0 Å². The third kappa shape index (κ3) is 3.76. The number of sulfonamides is 1. The molecule has 4 N–H and O–H groups in total. The minimum absolute atomic E-state index is 0.0801. The monoisotopic (exact) mass is 519 g/mol. The van der Waals surface area contributed by atoms with Gasteiger partial charge in [-0.2, -0.15) is 0 Å². The van der Waals surface area contributed by atoms with Gasteiger partial charge in [0.25, 0.3) is 15.9 Å². The first kappa shape index (κ1) is 22.8. The lowest BCUT2D eigenvalue weighted by Crippen LogP contribution is -2.45. The van der Waals surface area contributed by atoms with Crippen LogP contribution in [0.5, 0.6) is 0 Å². The van der Waals surface area contributed by atoms with Gasteiger partial charge in [-0.25, -0.2) is 18.1 Å². The largest absolute Gasteiger partial charge is 0.361 e. The average Bonchev–Trinajstić information content (AvgIpc) is 3.41. The van der Waals surface area contributed by atoms with Gasteiger partial charge in [0.15, 0.2) is 5.03 Å². The summed E-state index contributed by atoms with van der Waals surface area (Å²) in [4.78, 5) is 23.8. The molecule has 1 aliphatic heterocycles. The van der Waals surface area contributed by atoms with Crippen LogP contribution in [-0.4, -0.2) is 41.9 Å². The predicted octanol–water partition coefficient (Wildman–Crippen LogP) is 4.23. The number of nitrogens with zero attached hydrogens (tertiary/aromatic N) is 1. The number of para-hydroxylation sites is 1. The molecule has 2 aromatic carbocycles. The summed E-state index contributed by atoms with van der Waals surface area (Å²) in [5, 5.41) is 5.08. The number of pyridine rings is 1. The molecule has 0 spiro atoms. The molecule has 0 aliphatic carbocycles. The number of carbonyl (C=O) groups is 1. The first-order valence-electron chi connectivity index (χ1n) is 11.4. The lowest BCUT2D eigenvalue weighted by Gasteiger charge is -2.26. The molecule has 4 heterocycles. The van der Waals surface area contributed by atoms with Crippen LogP contribution in [0.25, 0.3) is 21.8 Å². The summed E-state index contributed by atoms with van der Waals surface area (Å²) in [7, 11) is -3.99. The van der Waals surface area contributed by atoms with E-state index in [1.807, 2.05) is 49.5 Å². The number of aromatic amines is 2. The molecule has 0 radical (unpaired) electrons. The SMILES string of the molecule is Cc1ccc(S(=O)(=O)N[C@@H]2CNC(=O)c3[nH]c4ccccc4c3[C@H]2c2c[nH]c3ccc(Cl)cc23)nc1. The number of benzene rings is 2. The summed E-state index contributed by atoms with van der Waals surface area (Å²) >= 11 is 6.35. The van der Waals surface area contributed by atoms with Crippen molar-refractivity contribution < 1.29 is 13.2 Å². The fraction of sp³-hybridized carbons (Fsp3) is 0.154. The first-order valence-corrected chi connectivity index (χ1v) is 13.3. The van der Waals surface area contributed by atoms with Crippen LogP contribution in [0.1, 0.15) is 33.1 Å². The number of hydrogen-bond acceptors (Lipinski definition) is 4. The molecular formula is C26H22ClN5O3S. The number of amides is 1. The van der Waals surface area contributed by atoms with Crippen LogP contribution >= 0.6 is 11.6 Å². The van der Waals surface area contributed by atoms with Gasteiger partial charge >= 0.3 is 0 Å². The van der Waals surface area contributed by atoms with Gasteiger partial charge in [0.2, 0.25) is 0 Å². The van der Waals surface area contributed by atoms with E-state index >= 15 is 0 Å². The van der Waals surface area contributed by atoms with E-state index < -0.39 is 22.0 Å². The zero-order valence-corrected chi connectivity index (χ0v) is 20.7. The predicted molar refractivity (Wildman–Crippen MR) is 139 cm³/mol. The van der Waals surface area contributed by atoms with Gasteiger partial charge in [-0.1, -0.05) is 35.9 Å². The molecule has 0 fully saturated rings. The van der Waals surface area contributed by atoms with Gasteiger partial charge in [0.05, 0.1) is 6.04 Å². The summed E-state index contributed by atoms with van der Waals surface area (Å²) in [5.41, 5.74) is 4.48. The Labute approximate surface area is 212 Å². The smallest absolute Gasteiger partial charge is 0.268 e. The number of carbonyl (C=O) groups excluding carboxylic acids is 1. The second kappa shape index (κ2) is 8.48. The van der Waals surface area contributed by atoms with Crippen molar-refractivity contribution in [1.29, 1.82) is 0 Å². The third-order valence-electron chi connectivity index (χ3n) is 6.65. The second-order valence-corrected chi connectivity index (χ2v) is 11.1. The van der Waals surface area contributed by atoms with E-state index in [1.165, 1.54) is 12.3 Å². The first-order chi connectivity index (χ1) is 17.3. The van der Waals surface area contributed by atoms with Crippen molar-refractivity contribution >= 4 is 49.3 Å². The number of nitrogens with one attached hydrogen (secondary N) is 4.